The van der Waals surface area contributed by atoms with Gasteiger partial charge in [-0.05, 0) is 6.07 Å². The number of hydrogen-bond donors (Lipinski definition) is 9. The van der Waals surface area contributed by atoms with E-state index in [2.05, 4.69) is 10.3 Å². The van der Waals surface area contributed by atoms with Crippen LogP contribution < -0.4 is 22.5 Å². The minimum atomic E-state index is -3.79. The second kappa shape index (κ2) is 13.4. The standard InChI is InChI=1S/C20H32N5O14P/c21-5-13(29)24-14-9(28)4-20(18(32)33,38-10(14)3-8(27)6-26)39-40(35)36-7-11-15(30)16(31)17(37-11)25-2-1-12(22)23-19(25)34/h1-2,8-11,14-17,26-28,30-31,40H,3-7,21H2,(H,24,29)(H,32,33)(H2,22,23,34)/t8-,9+,10?,11?,14?,15?,16?,17?,20+/m0/s1. The summed E-state index contributed by atoms with van der Waals surface area (Å²) in [6.45, 7) is -1.94. The average Bonchev–Trinajstić information content (AvgIpc) is 3.17. The van der Waals surface area contributed by atoms with E-state index in [0.29, 0.717) is 0 Å². The molecule has 40 heavy (non-hydrogen) atoms. The Balaban J connectivity index is 1.70. The van der Waals surface area contributed by atoms with Gasteiger partial charge in [0.15, 0.2) is 6.23 Å². The largest absolute Gasteiger partial charge is 0.477 e. The molecule has 1 amide bonds. The van der Waals surface area contributed by atoms with Gasteiger partial charge in [-0.2, -0.15) is 4.98 Å². The molecule has 0 radical (unpaired) electrons. The third-order valence-electron chi connectivity index (χ3n) is 6.27. The molecule has 3 heterocycles. The van der Waals surface area contributed by atoms with Crippen LogP contribution in [-0.4, -0.2) is 120 Å². The molecule has 0 bridgehead atoms. The number of amides is 1. The number of aliphatic carboxylic acids is 1. The lowest BCUT2D eigenvalue weighted by Crippen LogP contribution is -2.64. The number of nitrogens with two attached hydrogens (primary N) is 2. The molecule has 19 nitrogen and oxygen atoms in total. The van der Waals surface area contributed by atoms with Crippen LogP contribution in [-0.2, 0) is 32.7 Å². The molecule has 0 spiro atoms. The van der Waals surface area contributed by atoms with Crippen LogP contribution >= 0.6 is 8.25 Å². The molecule has 2 saturated heterocycles. The highest BCUT2D eigenvalue weighted by Crippen LogP contribution is 2.41. The number of anilines is 1. The summed E-state index contributed by atoms with van der Waals surface area (Å²) in [5.41, 5.74) is 9.82. The molecule has 7 unspecified atom stereocenters. The lowest BCUT2D eigenvalue weighted by Gasteiger charge is -2.44. The van der Waals surface area contributed by atoms with Gasteiger partial charge in [-0.3, -0.25) is 18.5 Å². The Morgan fingerprint density at radius 3 is 2.60 bits per heavy atom. The number of aromatic nitrogens is 2. The van der Waals surface area contributed by atoms with Gasteiger partial charge in [-0.1, -0.05) is 0 Å². The van der Waals surface area contributed by atoms with Gasteiger partial charge in [-0.15, -0.1) is 0 Å². The Bertz CT molecular complexity index is 1140. The normalized spacial score (nSPS) is 33.8. The van der Waals surface area contributed by atoms with Crippen molar-refractivity contribution in [1.29, 1.82) is 0 Å². The van der Waals surface area contributed by atoms with Crippen molar-refractivity contribution in [3.05, 3.63) is 22.7 Å². The number of rotatable bonds is 12. The number of nitrogen functional groups attached to an aromatic ring is 1. The maximum absolute atomic E-state index is 12.7. The highest BCUT2D eigenvalue weighted by Gasteiger charge is 2.55. The first-order valence-corrected chi connectivity index (χ1v) is 13.1. The van der Waals surface area contributed by atoms with Crippen LogP contribution in [0.4, 0.5) is 5.82 Å². The molecule has 20 heteroatoms. The maximum atomic E-state index is 12.7. The van der Waals surface area contributed by atoms with Crippen molar-refractivity contribution in [2.45, 2.75) is 67.5 Å². The lowest BCUT2D eigenvalue weighted by molar-refractivity contribution is -0.269. The molecule has 0 aliphatic carbocycles. The summed E-state index contributed by atoms with van der Waals surface area (Å²) in [4.78, 5) is 39.5. The van der Waals surface area contributed by atoms with Crippen molar-refractivity contribution < 1.29 is 63.3 Å². The lowest BCUT2D eigenvalue weighted by atomic mass is 9.90. The highest BCUT2D eigenvalue weighted by atomic mass is 31.1. The quantitative estimate of drug-likeness (QED) is 0.102. The van der Waals surface area contributed by atoms with Crippen LogP contribution in [0.1, 0.15) is 19.1 Å². The summed E-state index contributed by atoms with van der Waals surface area (Å²) in [7, 11) is -3.79. The minimum absolute atomic E-state index is 0.0893. The van der Waals surface area contributed by atoms with Gasteiger partial charge in [0.05, 0.1) is 44.1 Å². The second-order valence-corrected chi connectivity index (χ2v) is 10.1. The predicted molar refractivity (Wildman–Crippen MR) is 129 cm³/mol. The summed E-state index contributed by atoms with van der Waals surface area (Å²) in [5.74, 6) is -5.43. The number of nitrogens with zero attached hydrogens (tertiary/aromatic N) is 2. The topological polar surface area (TPSA) is 308 Å². The highest BCUT2D eigenvalue weighted by molar-refractivity contribution is 7.33. The van der Waals surface area contributed by atoms with Crippen molar-refractivity contribution in [2.75, 3.05) is 25.5 Å². The molecule has 2 fully saturated rings. The molecule has 0 saturated carbocycles. The summed E-state index contributed by atoms with van der Waals surface area (Å²) >= 11 is 0. The van der Waals surface area contributed by atoms with Gasteiger partial charge in [0.1, 0.15) is 24.1 Å². The molecule has 3 rings (SSSR count). The van der Waals surface area contributed by atoms with E-state index in [1.54, 1.807) is 0 Å². The first kappa shape index (κ1) is 32.0. The molecule has 1 aromatic heterocycles. The zero-order chi connectivity index (χ0) is 29.8. The molecule has 2 aliphatic rings. The average molecular weight is 597 g/mol. The minimum Gasteiger partial charge on any atom is -0.477 e. The molecular formula is C20H32N5O14P. The first-order valence-electron chi connectivity index (χ1n) is 11.9. The van der Waals surface area contributed by atoms with E-state index in [0.717, 1.165) is 4.57 Å². The molecule has 10 atom stereocenters. The second-order valence-electron chi connectivity index (χ2n) is 9.11. The van der Waals surface area contributed by atoms with E-state index < -0.39 is 113 Å². The van der Waals surface area contributed by atoms with Crippen LogP contribution in [0.5, 0.6) is 0 Å². The monoisotopic (exact) mass is 597 g/mol. The van der Waals surface area contributed by atoms with E-state index in [4.69, 9.17) is 30.0 Å². The number of aliphatic hydroxyl groups is 5. The van der Waals surface area contributed by atoms with Crippen molar-refractivity contribution >= 4 is 25.9 Å². The molecule has 2 aliphatic heterocycles. The van der Waals surface area contributed by atoms with Crippen molar-refractivity contribution in [3.8, 4) is 0 Å². The molecule has 1 aromatic rings. The Hall–Kier alpha value is -2.55. The molecule has 11 N–H and O–H groups in total. The van der Waals surface area contributed by atoms with Crippen LogP contribution in [0.2, 0.25) is 0 Å². The fraction of sp³-hybridized carbons (Fsp3) is 0.700. The van der Waals surface area contributed by atoms with Crippen molar-refractivity contribution in [1.82, 2.24) is 14.9 Å². The fourth-order valence-corrected chi connectivity index (χ4v) is 5.11. The Kier molecular flexibility index (Phi) is 10.7. The summed E-state index contributed by atoms with van der Waals surface area (Å²) in [5, 5.41) is 62.5. The summed E-state index contributed by atoms with van der Waals surface area (Å²) in [6, 6.07) is -0.0217. The fourth-order valence-electron chi connectivity index (χ4n) is 4.26. The third-order valence-corrected chi connectivity index (χ3v) is 7.16. The summed E-state index contributed by atoms with van der Waals surface area (Å²) in [6.07, 6.45) is -10.7. The van der Waals surface area contributed by atoms with E-state index in [1.807, 2.05) is 0 Å². The van der Waals surface area contributed by atoms with Crippen LogP contribution in [0, 0.1) is 0 Å². The Morgan fingerprint density at radius 2 is 2.00 bits per heavy atom. The number of nitrogens with one attached hydrogen (secondary N) is 1. The van der Waals surface area contributed by atoms with Crippen molar-refractivity contribution in [3.63, 3.8) is 0 Å². The number of carbonyl (C=O) groups is 2. The van der Waals surface area contributed by atoms with Gasteiger partial charge >= 0.3 is 19.9 Å². The predicted octanol–water partition coefficient (Wildman–Crippen LogP) is -5.01. The Labute approximate surface area is 226 Å². The van der Waals surface area contributed by atoms with Gasteiger partial charge in [-0.25, -0.2) is 9.59 Å². The molecule has 226 valence electrons. The number of aliphatic hydroxyl groups excluding tert-OH is 5. The smallest absolute Gasteiger partial charge is 0.364 e. The van der Waals surface area contributed by atoms with Gasteiger partial charge < -0.3 is 61.4 Å². The molecular weight excluding hydrogens is 565 g/mol. The van der Waals surface area contributed by atoms with E-state index in [-0.39, 0.29) is 5.82 Å². The third kappa shape index (κ3) is 7.20. The molecule has 0 aromatic carbocycles. The summed E-state index contributed by atoms with van der Waals surface area (Å²) < 4.78 is 34.6. The van der Waals surface area contributed by atoms with E-state index in [1.165, 1.54) is 12.3 Å². The number of carboxylic acid groups (broad SMARTS) is 1. The number of ether oxygens (including phenoxy) is 2. The van der Waals surface area contributed by atoms with E-state index >= 15 is 0 Å². The zero-order valence-corrected chi connectivity index (χ0v) is 21.8. The van der Waals surface area contributed by atoms with Crippen molar-refractivity contribution in [2.24, 2.45) is 5.73 Å². The maximum Gasteiger partial charge on any atom is 0.364 e. The number of carbonyl (C=O) groups excluding carboxylic acids is 1. The SMILES string of the molecule is NCC(=O)NC1C(C[C@H](O)CO)O[C@](O[PH](=O)OCC2OC(n3ccc(N)nc3=O)C(O)C2O)(C(=O)O)C[C@H]1O. The zero-order valence-electron chi connectivity index (χ0n) is 20.8. The van der Waals surface area contributed by atoms with Gasteiger partial charge in [0.25, 0.3) is 5.79 Å². The van der Waals surface area contributed by atoms with Gasteiger partial charge in [0.2, 0.25) is 5.91 Å². The van der Waals surface area contributed by atoms with Crippen LogP contribution in [0.15, 0.2) is 17.1 Å². The van der Waals surface area contributed by atoms with E-state index in [9.17, 15) is 49.6 Å². The van der Waals surface area contributed by atoms with Crippen LogP contribution in [0.25, 0.3) is 0 Å². The van der Waals surface area contributed by atoms with Gasteiger partial charge in [0, 0.05) is 19.0 Å². The number of carboxylic acids is 1. The number of hydrogen-bond acceptors (Lipinski definition) is 16. The Morgan fingerprint density at radius 1 is 1.30 bits per heavy atom. The first-order chi connectivity index (χ1) is 18.8. The van der Waals surface area contributed by atoms with Crippen LogP contribution in [0.3, 0.4) is 0 Å².